The molecule has 2 aliphatic rings. The van der Waals surface area contributed by atoms with Gasteiger partial charge in [0.05, 0.1) is 0 Å². The maximum Gasteiger partial charge on any atom is 0.119 e. The molecule has 0 spiro atoms. The highest BCUT2D eigenvalue weighted by Gasteiger charge is 2.33. The van der Waals surface area contributed by atoms with Crippen molar-refractivity contribution >= 4 is 0 Å². The van der Waals surface area contributed by atoms with Gasteiger partial charge in [0.1, 0.15) is 5.75 Å². The molecule has 19 heavy (non-hydrogen) atoms. The van der Waals surface area contributed by atoms with Gasteiger partial charge in [-0.3, -0.25) is 4.90 Å². The Labute approximate surface area is 115 Å². The van der Waals surface area contributed by atoms with Crippen molar-refractivity contribution < 1.29 is 5.11 Å². The van der Waals surface area contributed by atoms with E-state index in [0.29, 0.717) is 17.8 Å². The Morgan fingerprint density at radius 1 is 1.26 bits per heavy atom. The summed E-state index contributed by atoms with van der Waals surface area (Å²) >= 11 is 0. The van der Waals surface area contributed by atoms with E-state index in [0.717, 1.165) is 19.4 Å². The van der Waals surface area contributed by atoms with Crippen LogP contribution < -0.4 is 0 Å². The minimum atomic E-state index is 0.486. The van der Waals surface area contributed by atoms with Crippen molar-refractivity contribution in [3.8, 4) is 5.75 Å². The van der Waals surface area contributed by atoms with Gasteiger partial charge in [0.2, 0.25) is 0 Å². The molecule has 2 unspecified atom stereocenters. The second kappa shape index (κ2) is 5.14. The van der Waals surface area contributed by atoms with Crippen LogP contribution in [0.1, 0.15) is 36.9 Å². The molecule has 2 atom stereocenters. The monoisotopic (exact) mass is 260 g/mol. The lowest BCUT2D eigenvalue weighted by Gasteiger charge is -2.34. The Kier molecular flexibility index (Phi) is 3.50. The molecule has 1 aromatic rings. The third-order valence-electron chi connectivity index (χ3n) is 4.71. The molecule has 1 heterocycles. The van der Waals surface area contributed by atoms with Crippen LogP contribution >= 0.6 is 0 Å². The molecule has 1 aliphatic heterocycles. The highest BCUT2D eigenvalue weighted by atomic mass is 16.3. The van der Waals surface area contributed by atoms with Crippen molar-refractivity contribution in [1.29, 1.82) is 0 Å². The van der Waals surface area contributed by atoms with Crippen LogP contribution in [0.25, 0.3) is 0 Å². The molecule has 0 amide bonds. The van der Waals surface area contributed by atoms with E-state index >= 15 is 0 Å². The quantitative estimate of drug-likeness (QED) is 0.840. The zero-order chi connectivity index (χ0) is 13.4. The predicted octanol–water partition coefficient (Wildman–Crippen LogP) is 2.41. The number of hydrogen-bond acceptors (Lipinski definition) is 3. The van der Waals surface area contributed by atoms with Gasteiger partial charge in [-0.05, 0) is 57.0 Å². The van der Waals surface area contributed by atoms with E-state index in [9.17, 15) is 5.11 Å². The van der Waals surface area contributed by atoms with Gasteiger partial charge < -0.3 is 10.0 Å². The predicted molar refractivity (Wildman–Crippen MR) is 77.5 cm³/mol. The number of hydrogen-bond donors (Lipinski definition) is 1. The van der Waals surface area contributed by atoms with Gasteiger partial charge in [-0.15, -0.1) is 0 Å². The molecule has 0 saturated carbocycles. The van der Waals surface area contributed by atoms with Gasteiger partial charge in [0.25, 0.3) is 0 Å². The minimum Gasteiger partial charge on any atom is -0.508 e. The molecule has 0 aromatic heterocycles. The van der Waals surface area contributed by atoms with Gasteiger partial charge in [0.15, 0.2) is 0 Å². The molecule has 0 radical (unpaired) electrons. The number of phenolic OH excluding ortho intramolecular Hbond substituents is 1. The summed E-state index contributed by atoms with van der Waals surface area (Å²) in [6, 6.07) is 7.10. The number of phenols is 1. The van der Waals surface area contributed by atoms with Gasteiger partial charge in [-0.25, -0.2) is 0 Å². The topological polar surface area (TPSA) is 26.7 Å². The van der Waals surface area contributed by atoms with Crippen LogP contribution in [-0.2, 0) is 6.42 Å². The van der Waals surface area contributed by atoms with Crippen LogP contribution in [0.2, 0.25) is 0 Å². The third-order valence-corrected chi connectivity index (χ3v) is 4.71. The Morgan fingerprint density at radius 2 is 2.11 bits per heavy atom. The first kappa shape index (κ1) is 12.9. The maximum absolute atomic E-state index is 9.98. The fourth-order valence-corrected chi connectivity index (χ4v) is 3.81. The SMILES string of the molecule is CC1CN(C)CCCN1C1CCc2c(O)cccc21. The van der Waals surface area contributed by atoms with Crippen molar-refractivity contribution in [3.05, 3.63) is 29.3 Å². The van der Waals surface area contributed by atoms with Gasteiger partial charge in [-0.2, -0.15) is 0 Å². The minimum absolute atomic E-state index is 0.486. The summed E-state index contributed by atoms with van der Waals surface area (Å²) in [5, 5.41) is 9.98. The Hall–Kier alpha value is -1.06. The number of rotatable bonds is 1. The fraction of sp³-hybridized carbons (Fsp3) is 0.625. The molecule has 1 N–H and O–H groups in total. The van der Waals surface area contributed by atoms with E-state index in [1.807, 2.05) is 12.1 Å². The van der Waals surface area contributed by atoms with Crippen molar-refractivity contribution in [2.75, 3.05) is 26.7 Å². The molecule has 3 nitrogen and oxygen atoms in total. The molecule has 1 fully saturated rings. The number of fused-ring (bicyclic) bond motifs is 1. The lowest BCUT2D eigenvalue weighted by molar-refractivity contribution is 0.142. The first-order valence-corrected chi connectivity index (χ1v) is 7.42. The van der Waals surface area contributed by atoms with Crippen LogP contribution in [0.4, 0.5) is 0 Å². The van der Waals surface area contributed by atoms with Crippen LogP contribution in [0.15, 0.2) is 18.2 Å². The summed E-state index contributed by atoms with van der Waals surface area (Å²) in [4.78, 5) is 5.08. The summed E-state index contributed by atoms with van der Waals surface area (Å²) in [6.45, 7) is 5.85. The molecule has 104 valence electrons. The molecule has 3 rings (SSSR count). The number of aromatic hydroxyl groups is 1. The second-order valence-electron chi connectivity index (χ2n) is 6.10. The Balaban J connectivity index is 1.86. The van der Waals surface area contributed by atoms with E-state index in [-0.39, 0.29) is 0 Å². The van der Waals surface area contributed by atoms with Crippen LogP contribution in [0.5, 0.6) is 5.75 Å². The van der Waals surface area contributed by atoms with Crippen molar-refractivity contribution in [1.82, 2.24) is 9.80 Å². The van der Waals surface area contributed by atoms with E-state index < -0.39 is 0 Å². The first-order valence-electron chi connectivity index (χ1n) is 7.42. The second-order valence-corrected chi connectivity index (χ2v) is 6.10. The molecular formula is C16H24N2O. The summed E-state index contributed by atoms with van der Waals surface area (Å²) < 4.78 is 0. The Morgan fingerprint density at radius 3 is 2.95 bits per heavy atom. The summed E-state index contributed by atoms with van der Waals surface area (Å²) in [5.74, 6) is 0.486. The van der Waals surface area contributed by atoms with E-state index in [4.69, 9.17) is 0 Å². The van der Waals surface area contributed by atoms with E-state index in [1.54, 1.807) is 0 Å². The van der Waals surface area contributed by atoms with Crippen molar-refractivity contribution in [2.24, 2.45) is 0 Å². The maximum atomic E-state index is 9.98. The van der Waals surface area contributed by atoms with Gasteiger partial charge in [0, 0.05) is 25.2 Å². The summed E-state index contributed by atoms with van der Waals surface area (Å²) in [6.07, 6.45) is 3.41. The molecule has 1 saturated heterocycles. The molecule has 0 bridgehead atoms. The summed E-state index contributed by atoms with van der Waals surface area (Å²) in [5.41, 5.74) is 2.54. The van der Waals surface area contributed by atoms with E-state index in [1.165, 1.54) is 30.6 Å². The first-order chi connectivity index (χ1) is 9.16. The number of likely N-dealkylation sites (N-methyl/N-ethyl adjacent to an activating group) is 1. The summed E-state index contributed by atoms with van der Waals surface area (Å²) in [7, 11) is 2.22. The average Bonchev–Trinajstić information content (AvgIpc) is 2.72. The van der Waals surface area contributed by atoms with Crippen molar-refractivity contribution in [3.63, 3.8) is 0 Å². The number of nitrogens with zero attached hydrogens (tertiary/aromatic N) is 2. The van der Waals surface area contributed by atoms with Gasteiger partial charge in [-0.1, -0.05) is 12.1 Å². The van der Waals surface area contributed by atoms with Gasteiger partial charge >= 0.3 is 0 Å². The molecule has 1 aliphatic carbocycles. The zero-order valence-corrected chi connectivity index (χ0v) is 12.0. The average molecular weight is 260 g/mol. The molecule has 3 heteroatoms. The fourth-order valence-electron chi connectivity index (χ4n) is 3.81. The lowest BCUT2D eigenvalue weighted by Crippen LogP contribution is -2.39. The Bertz CT molecular complexity index is 460. The van der Waals surface area contributed by atoms with Crippen LogP contribution in [0, 0.1) is 0 Å². The highest BCUT2D eigenvalue weighted by Crippen LogP contribution is 2.40. The number of benzene rings is 1. The standard InChI is InChI=1S/C16H24N2O/c1-12-11-17(2)9-4-10-18(12)15-8-7-14-13(15)5-3-6-16(14)19/h3,5-6,12,15,19H,4,7-11H2,1-2H3. The van der Waals surface area contributed by atoms with Crippen molar-refractivity contribution in [2.45, 2.75) is 38.3 Å². The molecular weight excluding hydrogens is 236 g/mol. The van der Waals surface area contributed by atoms with Crippen LogP contribution in [-0.4, -0.2) is 47.6 Å². The molecule has 1 aromatic carbocycles. The normalized spacial score (nSPS) is 29.2. The third kappa shape index (κ3) is 2.37. The highest BCUT2D eigenvalue weighted by molar-refractivity contribution is 5.44. The lowest BCUT2D eigenvalue weighted by atomic mass is 10.0. The largest absolute Gasteiger partial charge is 0.508 e. The zero-order valence-electron chi connectivity index (χ0n) is 12.0. The van der Waals surface area contributed by atoms with Crippen LogP contribution in [0.3, 0.4) is 0 Å². The van der Waals surface area contributed by atoms with E-state index in [2.05, 4.69) is 29.8 Å². The smallest absolute Gasteiger partial charge is 0.119 e.